The molecule has 32 heavy (non-hydrogen) atoms. The van der Waals surface area contributed by atoms with Crippen molar-refractivity contribution in [3.8, 4) is 0 Å². The van der Waals surface area contributed by atoms with Gasteiger partial charge in [-0.15, -0.1) is 0 Å². The number of carbonyl (C=O) groups is 1. The number of allylic oxidation sites excluding steroid dienone is 1. The van der Waals surface area contributed by atoms with Gasteiger partial charge in [-0.25, -0.2) is 9.78 Å². The smallest absolute Gasteiger partial charge is 0.408 e. The van der Waals surface area contributed by atoms with Gasteiger partial charge in [-0.3, -0.25) is 10.1 Å². The van der Waals surface area contributed by atoms with E-state index >= 15 is 0 Å². The fraction of sp³-hybridized carbons (Fsp3) is 0.136. The summed E-state index contributed by atoms with van der Waals surface area (Å²) in [5.74, 6) is 0.492. The molecule has 4 rings (SSSR count). The zero-order valence-electron chi connectivity index (χ0n) is 17.2. The Morgan fingerprint density at radius 1 is 1.25 bits per heavy atom. The van der Waals surface area contributed by atoms with Gasteiger partial charge in [0, 0.05) is 25.4 Å². The van der Waals surface area contributed by atoms with Crippen LogP contribution in [-0.2, 0) is 13.5 Å². The van der Waals surface area contributed by atoms with Gasteiger partial charge in [0.2, 0.25) is 5.95 Å². The van der Waals surface area contributed by atoms with Crippen LogP contribution < -0.4 is 16.2 Å². The van der Waals surface area contributed by atoms with E-state index in [-0.39, 0.29) is 5.56 Å². The number of rotatable bonds is 5. The van der Waals surface area contributed by atoms with Crippen molar-refractivity contribution < 1.29 is 9.90 Å². The van der Waals surface area contributed by atoms with Crippen LogP contribution in [-0.4, -0.2) is 25.7 Å². The molecule has 10 heteroatoms. The van der Waals surface area contributed by atoms with Crippen LogP contribution in [0.3, 0.4) is 0 Å². The van der Waals surface area contributed by atoms with E-state index in [9.17, 15) is 9.59 Å². The van der Waals surface area contributed by atoms with Gasteiger partial charge in [-0.2, -0.15) is 0 Å². The first-order valence-corrected chi connectivity index (χ1v) is 10.4. The minimum atomic E-state index is -1.15. The molecule has 2 heterocycles. The highest BCUT2D eigenvalue weighted by atomic mass is 35.5. The van der Waals surface area contributed by atoms with E-state index in [1.807, 2.05) is 26.1 Å². The molecule has 0 radical (unpaired) electrons. The lowest BCUT2D eigenvalue weighted by Gasteiger charge is -2.11. The third-order valence-electron chi connectivity index (χ3n) is 5.23. The van der Waals surface area contributed by atoms with Crippen LogP contribution in [0, 0.1) is 6.92 Å². The fourth-order valence-corrected chi connectivity index (χ4v) is 4.15. The highest BCUT2D eigenvalue weighted by molar-refractivity contribution is 6.39. The van der Waals surface area contributed by atoms with Gasteiger partial charge >= 0.3 is 6.09 Å². The second-order valence-electron chi connectivity index (χ2n) is 7.19. The van der Waals surface area contributed by atoms with Gasteiger partial charge in [0.05, 0.1) is 32.2 Å². The predicted octanol–water partition coefficient (Wildman–Crippen LogP) is 5.10. The molecular formula is C22H19Cl2N5O3. The van der Waals surface area contributed by atoms with Crippen LogP contribution in [0.4, 0.5) is 16.4 Å². The normalized spacial score (nSPS) is 11.5. The van der Waals surface area contributed by atoms with Crippen molar-refractivity contribution in [2.75, 3.05) is 5.32 Å². The lowest BCUT2D eigenvalue weighted by molar-refractivity contribution is 0.198. The average molecular weight is 472 g/mol. The number of benzene rings is 2. The van der Waals surface area contributed by atoms with E-state index in [4.69, 9.17) is 28.3 Å². The van der Waals surface area contributed by atoms with E-state index < -0.39 is 6.09 Å². The highest BCUT2D eigenvalue weighted by Crippen LogP contribution is 2.34. The van der Waals surface area contributed by atoms with Crippen LogP contribution >= 0.6 is 23.2 Å². The monoisotopic (exact) mass is 471 g/mol. The first kappa shape index (κ1) is 21.7. The number of imidazole rings is 1. The zero-order valence-corrected chi connectivity index (χ0v) is 18.7. The molecule has 0 aliphatic heterocycles. The molecule has 4 aromatic rings. The van der Waals surface area contributed by atoms with Crippen molar-refractivity contribution in [2.45, 2.75) is 13.3 Å². The SMILES string of the molecule is Cc1c(CC=CNC(=O)O)[nH]c(=O)c2c1ccc1nc(Nc3c(Cl)cccc3Cl)n(C)c12. The molecule has 4 N–H and O–H groups in total. The van der Waals surface area contributed by atoms with Gasteiger partial charge in [0.1, 0.15) is 0 Å². The van der Waals surface area contributed by atoms with Crippen molar-refractivity contribution in [1.29, 1.82) is 0 Å². The zero-order chi connectivity index (χ0) is 23.0. The van der Waals surface area contributed by atoms with Crippen molar-refractivity contribution in [3.63, 3.8) is 0 Å². The molecule has 0 atom stereocenters. The summed E-state index contributed by atoms with van der Waals surface area (Å²) in [6.07, 6.45) is 2.19. The number of aromatic amines is 1. The van der Waals surface area contributed by atoms with Crippen molar-refractivity contribution >= 4 is 62.7 Å². The molecule has 0 aliphatic rings. The van der Waals surface area contributed by atoms with Crippen LogP contribution in [0.5, 0.6) is 0 Å². The van der Waals surface area contributed by atoms with Gasteiger partial charge in [0.15, 0.2) is 0 Å². The van der Waals surface area contributed by atoms with E-state index in [0.29, 0.717) is 50.2 Å². The first-order chi connectivity index (χ1) is 15.3. The molecule has 0 aliphatic carbocycles. The van der Waals surface area contributed by atoms with Crippen LogP contribution in [0.15, 0.2) is 47.4 Å². The summed E-state index contributed by atoms with van der Waals surface area (Å²) in [7, 11) is 1.81. The maximum Gasteiger partial charge on any atom is 0.408 e. The molecule has 8 nitrogen and oxygen atoms in total. The van der Waals surface area contributed by atoms with Crippen LogP contribution in [0.1, 0.15) is 11.3 Å². The fourth-order valence-electron chi connectivity index (χ4n) is 3.66. The van der Waals surface area contributed by atoms with Gasteiger partial charge in [0.25, 0.3) is 5.56 Å². The van der Waals surface area contributed by atoms with Crippen LogP contribution in [0.2, 0.25) is 10.0 Å². The predicted molar refractivity (Wildman–Crippen MR) is 127 cm³/mol. The molecule has 0 unspecified atom stereocenters. The van der Waals surface area contributed by atoms with E-state index in [1.54, 1.807) is 28.8 Å². The summed E-state index contributed by atoms with van der Waals surface area (Å²) in [4.78, 5) is 31.1. The number of nitrogens with zero attached hydrogens (tertiary/aromatic N) is 2. The summed E-state index contributed by atoms with van der Waals surface area (Å²) in [6, 6.07) is 8.93. The molecule has 2 aromatic carbocycles. The number of fused-ring (bicyclic) bond motifs is 3. The Morgan fingerprint density at radius 2 is 1.97 bits per heavy atom. The number of amides is 1. The Morgan fingerprint density at radius 3 is 2.66 bits per heavy atom. The molecule has 0 fully saturated rings. The van der Waals surface area contributed by atoms with Crippen molar-refractivity contribution in [3.05, 3.63) is 74.3 Å². The van der Waals surface area contributed by atoms with Gasteiger partial charge in [-0.05, 0) is 36.1 Å². The molecule has 2 aromatic heterocycles. The molecule has 164 valence electrons. The number of carboxylic acid groups (broad SMARTS) is 1. The van der Waals surface area contributed by atoms with E-state index in [1.165, 1.54) is 6.20 Å². The summed E-state index contributed by atoms with van der Waals surface area (Å²) in [5.41, 5.74) is 3.20. The van der Waals surface area contributed by atoms with Crippen molar-refractivity contribution in [1.82, 2.24) is 19.9 Å². The van der Waals surface area contributed by atoms with E-state index in [2.05, 4.69) is 20.6 Å². The largest absolute Gasteiger partial charge is 0.465 e. The molecule has 0 spiro atoms. The van der Waals surface area contributed by atoms with Gasteiger partial charge in [-0.1, -0.05) is 41.4 Å². The quantitative estimate of drug-likeness (QED) is 0.323. The maximum absolute atomic E-state index is 13.0. The molecule has 0 bridgehead atoms. The standard InChI is InChI=1S/C22H19Cl2N5O3/c1-11-12-8-9-16-19(17(12)20(30)26-15(11)7-4-10-25-22(31)32)29(2)21(27-16)28-18-13(23)5-3-6-14(18)24/h3-6,8-10,25H,7H2,1-2H3,(H,26,30)(H,27,28)(H,31,32). The summed E-state index contributed by atoms with van der Waals surface area (Å²) >= 11 is 12.6. The number of anilines is 2. The lowest BCUT2D eigenvalue weighted by atomic mass is 10.0. The summed E-state index contributed by atoms with van der Waals surface area (Å²) in [6.45, 7) is 1.91. The second-order valence-corrected chi connectivity index (χ2v) is 8.00. The Labute approximate surface area is 192 Å². The third kappa shape index (κ3) is 3.90. The number of aromatic nitrogens is 3. The molecule has 1 amide bonds. The van der Waals surface area contributed by atoms with E-state index in [0.717, 1.165) is 10.9 Å². The number of aryl methyl sites for hydroxylation is 2. The summed E-state index contributed by atoms with van der Waals surface area (Å²) < 4.78 is 1.79. The Balaban J connectivity index is 1.82. The van der Waals surface area contributed by atoms with Gasteiger partial charge < -0.3 is 20.0 Å². The number of hydrogen-bond donors (Lipinski definition) is 4. The molecule has 0 saturated heterocycles. The molecule has 0 saturated carbocycles. The minimum absolute atomic E-state index is 0.254. The number of nitrogens with one attached hydrogen (secondary N) is 3. The topological polar surface area (TPSA) is 112 Å². The number of hydrogen-bond acceptors (Lipinski definition) is 4. The molecular weight excluding hydrogens is 453 g/mol. The second kappa shape index (κ2) is 8.57. The van der Waals surface area contributed by atoms with Crippen LogP contribution in [0.25, 0.3) is 21.8 Å². The Kier molecular flexibility index (Phi) is 5.82. The highest BCUT2D eigenvalue weighted by Gasteiger charge is 2.17. The summed E-state index contributed by atoms with van der Waals surface area (Å²) in [5, 5.41) is 16.2. The Bertz CT molecular complexity index is 1440. The lowest BCUT2D eigenvalue weighted by Crippen LogP contribution is -2.14. The number of pyridine rings is 1. The average Bonchev–Trinajstić information content (AvgIpc) is 3.06. The maximum atomic E-state index is 13.0. The number of para-hydroxylation sites is 1. The first-order valence-electron chi connectivity index (χ1n) is 9.64. The Hall–Kier alpha value is -3.49. The van der Waals surface area contributed by atoms with Crippen molar-refractivity contribution in [2.24, 2.45) is 7.05 Å². The third-order valence-corrected chi connectivity index (χ3v) is 5.86. The number of H-pyrrole nitrogens is 1. The minimum Gasteiger partial charge on any atom is -0.465 e. The number of halogens is 2.